The molecule has 2 bridgehead atoms. The van der Waals surface area contributed by atoms with Gasteiger partial charge in [-0.15, -0.1) is 0 Å². The van der Waals surface area contributed by atoms with Crippen molar-refractivity contribution in [1.82, 2.24) is 4.90 Å². The summed E-state index contributed by atoms with van der Waals surface area (Å²) in [5.74, 6) is 0.107. The smallest absolute Gasteiger partial charge is 0.244 e. The third kappa shape index (κ3) is 2.25. The summed E-state index contributed by atoms with van der Waals surface area (Å²) in [7, 11) is 0. The Labute approximate surface area is 121 Å². The zero-order valence-corrected chi connectivity index (χ0v) is 12.3. The van der Waals surface area contributed by atoms with Crippen LogP contribution in [-0.4, -0.2) is 36.0 Å². The van der Waals surface area contributed by atoms with Crippen LogP contribution in [0.3, 0.4) is 0 Å². The molecule has 1 atom stereocenters. The maximum atomic E-state index is 12.1. The molecule has 1 aromatic rings. The van der Waals surface area contributed by atoms with Crippen molar-refractivity contribution in [1.29, 1.82) is 0 Å². The number of anilines is 1. The van der Waals surface area contributed by atoms with Gasteiger partial charge in [-0.1, -0.05) is 22.0 Å². The Balaban J connectivity index is 1.91. The first-order valence-corrected chi connectivity index (χ1v) is 7.45. The zero-order valence-electron chi connectivity index (χ0n) is 10.7. The standard InChI is InChI=1S/C14H18BrN3O/c15-11-2-1-3-12(8-11)17-14(13(16)19)9-18-6-4-10(14)5-7-18/h1-3,8,10,17H,4-7,9H2,(H2,16,19). The van der Waals surface area contributed by atoms with Crippen LogP contribution in [0.2, 0.25) is 0 Å². The van der Waals surface area contributed by atoms with Crippen molar-refractivity contribution in [3.8, 4) is 0 Å². The first-order valence-electron chi connectivity index (χ1n) is 6.66. The predicted molar refractivity (Wildman–Crippen MR) is 78.9 cm³/mol. The lowest BCUT2D eigenvalue weighted by Crippen LogP contribution is -2.68. The van der Waals surface area contributed by atoms with Gasteiger partial charge in [-0.25, -0.2) is 0 Å². The molecular formula is C14H18BrN3O. The highest BCUT2D eigenvalue weighted by atomic mass is 79.9. The van der Waals surface area contributed by atoms with Gasteiger partial charge in [-0.3, -0.25) is 4.79 Å². The van der Waals surface area contributed by atoms with E-state index in [4.69, 9.17) is 5.73 Å². The third-order valence-corrected chi connectivity index (χ3v) is 4.88. The number of benzene rings is 1. The van der Waals surface area contributed by atoms with Gasteiger partial charge in [-0.2, -0.15) is 0 Å². The topological polar surface area (TPSA) is 58.4 Å². The summed E-state index contributed by atoms with van der Waals surface area (Å²) in [6.07, 6.45) is 2.09. The van der Waals surface area contributed by atoms with E-state index in [9.17, 15) is 4.79 Å². The molecule has 0 aromatic heterocycles. The number of nitrogens with two attached hydrogens (primary N) is 1. The van der Waals surface area contributed by atoms with Crippen LogP contribution < -0.4 is 11.1 Å². The Kier molecular flexibility index (Phi) is 3.27. The molecule has 5 heteroatoms. The number of primary amides is 1. The van der Waals surface area contributed by atoms with Gasteiger partial charge in [0.1, 0.15) is 5.54 Å². The van der Waals surface area contributed by atoms with Gasteiger partial charge in [0.15, 0.2) is 0 Å². The van der Waals surface area contributed by atoms with Crippen molar-refractivity contribution in [2.75, 3.05) is 25.0 Å². The molecule has 3 heterocycles. The molecule has 3 fully saturated rings. The number of hydrogen-bond acceptors (Lipinski definition) is 3. The van der Waals surface area contributed by atoms with E-state index in [-0.39, 0.29) is 5.91 Å². The van der Waals surface area contributed by atoms with Crippen LogP contribution in [0.5, 0.6) is 0 Å². The summed E-state index contributed by atoms with van der Waals surface area (Å²) in [6.45, 7) is 2.89. The number of nitrogens with zero attached hydrogens (tertiary/aromatic N) is 1. The minimum Gasteiger partial charge on any atom is -0.370 e. The van der Waals surface area contributed by atoms with Crippen LogP contribution in [0.4, 0.5) is 5.69 Å². The highest BCUT2D eigenvalue weighted by Crippen LogP contribution is 2.38. The molecule has 1 unspecified atom stereocenters. The third-order valence-electron chi connectivity index (χ3n) is 4.39. The second kappa shape index (κ2) is 4.80. The number of nitrogens with one attached hydrogen (secondary N) is 1. The summed E-state index contributed by atoms with van der Waals surface area (Å²) < 4.78 is 0.999. The van der Waals surface area contributed by atoms with Crippen LogP contribution in [0, 0.1) is 5.92 Å². The molecular weight excluding hydrogens is 306 g/mol. The van der Waals surface area contributed by atoms with E-state index < -0.39 is 5.54 Å². The number of piperidine rings is 3. The SMILES string of the molecule is NC(=O)C1(Nc2cccc(Br)c2)CN2CCC1CC2. The lowest BCUT2D eigenvalue weighted by atomic mass is 9.72. The summed E-state index contributed by atoms with van der Waals surface area (Å²) in [5.41, 5.74) is 6.07. The van der Waals surface area contributed by atoms with Crippen molar-refractivity contribution in [3.05, 3.63) is 28.7 Å². The Morgan fingerprint density at radius 1 is 1.42 bits per heavy atom. The molecule has 0 spiro atoms. The van der Waals surface area contributed by atoms with Crippen LogP contribution >= 0.6 is 15.9 Å². The summed E-state index contributed by atoms with van der Waals surface area (Å²) >= 11 is 3.46. The van der Waals surface area contributed by atoms with Gasteiger partial charge >= 0.3 is 0 Å². The van der Waals surface area contributed by atoms with E-state index in [0.29, 0.717) is 5.92 Å². The largest absolute Gasteiger partial charge is 0.370 e. The van der Waals surface area contributed by atoms with Crippen LogP contribution in [-0.2, 0) is 4.79 Å². The highest BCUT2D eigenvalue weighted by molar-refractivity contribution is 9.10. The van der Waals surface area contributed by atoms with Gasteiger partial charge in [-0.05, 0) is 50.0 Å². The lowest BCUT2D eigenvalue weighted by Gasteiger charge is -2.52. The molecule has 0 saturated carbocycles. The molecule has 3 aliphatic heterocycles. The van der Waals surface area contributed by atoms with Crippen molar-refractivity contribution in [2.45, 2.75) is 18.4 Å². The van der Waals surface area contributed by atoms with Crippen LogP contribution in [0.1, 0.15) is 12.8 Å². The monoisotopic (exact) mass is 323 g/mol. The average molecular weight is 324 g/mol. The molecule has 3 aliphatic rings. The zero-order chi connectivity index (χ0) is 13.5. The lowest BCUT2D eigenvalue weighted by molar-refractivity contribution is -0.128. The van der Waals surface area contributed by atoms with Gasteiger partial charge < -0.3 is 16.0 Å². The van der Waals surface area contributed by atoms with E-state index in [0.717, 1.165) is 42.6 Å². The van der Waals surface area contributed by atoms with Gasteiger partial charge in [0.2, 0.25) is 5.91 Å². The molecule has 1 amide bonds. The number of rotatable bonds is 3. The second-order valence-electron chi connectivity index (χ2n) is 5.52. The first-order chi connectivity index (χ1) is 9.10. The maximum absolute atomic E-state index is 12.1. The van der Waals surface area contributed by atoms with E-state index in [1.807, 2.05) is 24.3 Å². The highest BCUT2D eigenvalue weighted by Gasteiger charge is 2.50. The summed E-state index contributed by atoms with van der Waals surface area (Å²) in [5, 5.41) is 3.42. The van der Waals surface area contributed by atoms with Crippen molar-refractivity contribution in [2.24, 2.45) is 11.7 Å². The Bertz CT molecular complexity index is 499. The van der Waals surface area contributed by atoms with Crippen molar-refractivity contribution >= 4 is 27.5 Å². The van der Waals surface area contributed by atoms with Gasteiger partial charge in [0.25, 0.3) is 0 Å². The minimum atomic E-state index is -0.614. The fourth-order valence-corrected chi connectivity index (χ4v) is 3.77. The van der Waals surface area contributed by atoms with Crippen LogP contribution in [0.15, 0.2) is 28.7 Å². The number of carbonyl (C=O) groups excluding carboxylic acids is 1. The fourth-order valence-electron chi connectivity index (χ4n) is 3.37. The molecule has 0 aliphatic carbocycles. The molecule has 102 valence electrons. The predicted octanol–water partition coefficient (Wildman–Crippen LogP) is 1.81. The maximum Gasteiger partial charge on any atom is 0.244 e. The van der Waals surface area contributed by atoms with Crippen LogP contribution in [0.25, 0.3) is 0 Å². The van der Waals surface area contributed by atoms with E-state index >= 15 is 0 Å². The van der Waals surface area contributed by atoms with E-state index in [1.54, 1.807) is 0 Å². The molecule has 3 N–H and O–H groups in total. The van der Waals surface area contributed by atoms with Gasteiger partial charge in [0.05, 0.1) is 0 Å². The van der Waals surface area contributed by atoms with E-state index in [2.05, 4.69) is 26.1 Å². The Hall–Kier alpha value is -1.07. The second-order valence-corrected chi connectivity index (χ2v) is 6.44. The quantitative estimate of drug-likeness (QED) is 0.892. The molecule has 19 heavy (non-hydrogen) atoms. The number of fused-ring (bicyclic) bond motifs is 3. The van der Waals surface area contributed by atoms with Crippen molar-refractivity contribution in [3.63, 3.8) is 0 Å². The molecule has 0 radical (unpaired) electrons. The number of carbonyl (C=O) groups is 1. The summed E-state index contributed by atoms with van der Waals surface area (Å²) in [6, 6.07) is 7.90. The molecule has 4 nitrogen and oxygen atoms in total. The van der Waals surface area contributed by atoms with E-state index in [1.165, 1.54) is 0 Å². The summed E-state index contributed by atoms with van der Waals surface area (Å²) in [4.78, 5) is 14.4. The average Bonchev–Trinajstić information content (AvgIpc) is 2.40. The van der Waals surface area contributed by atoms with Crippen molar-refractivity contribution < 1.29 is 4.79 Å². The molecule has 3 saturated heterocycles. The Morgan fingerprint density at radius 3 is 2.68 bits per heavy atom. The fraction of sp³-hybridized carbons (Fsp3) is 0.500. The number of halogens is 1. The molecule has 1 aromatic carbocycles. The Morgan fingerprint density at radius 2 is 2.16 bits per heavy atom. The first kappa shape index (κ1) is 12.9. The minimum absolute atomic E-state index is 0.234. The van der Waals surface area contributed by atoms with Gasteiger partial charge in [0, 0.05) is 16.7 Å². The number of amides is 1. The normalized spacial score (nSPS) is 33.1. The number of hydrogen-bond donors (Lipinski definition) is 2. The molecule has 4 rings (SSSR count).